The summed E-state index contributed by atoms with van der Waals surface area (Å²) in [6.45, 7) is 3.24. The van der Waals surface area contributed by atoms with Crippen molar-refractivity contribution in [1.29, 1.82) is 0 Å². The van der Waals surface area contributed by atoms with Gasteiger partial charge in [0, 0.05) is 23.3 Å². The largest absolute Gasteiger partial charge is 0.419 e. The Morgan fingerprint density at radius 1 is 1.12 bits per heavy atom. The summed E-state index contributed by atoms with van der Waals surface area (Å²) in [5.74, 6) is -0.552. The number of pyridine rings is 1. The molecule has 1 aliphatic heterocycles. The first-order valence-electron chi connectivity index (χ1n) is 10.4. The molecule has 3 aromatic rings. The molecule has 32 heavy (non-hydrogen) atoms. The first-order valence-corrected chi connectivity index (χ1v) is 12.5. The molecule has 5 nitrogen and oxygen atoms in total. The molecule has 1 N–H and O–H groups in total. The van der Waals surface area contributed by atoms with Crippen molar-refractivity contribution in [3.63, 3.8) is 0 Å². The minimum absolute atomic E-state index is 0.126. The van der Waals surface area contributed by atoms with Crippen LogP contribution in [0.3, 0.4) is 0 Å². The zero-order chi connectivity index (χ0) is 23.1. The van der Waals surface area contributed by atoms with Crippen molar-refractivity contribution >= 4 is 29.3 Å². The Kier molecular flexibility index (Phi) is 5.96. The highest BCUT2D eigenvalue weighted by Crippen LogP contribution is 2.49. The van der Waals surface area contributed by atoms with E-state index in [0.717, 1.165) is 25.3 Å². The molecule has 3 heterocycles. The first kappa shape index (κ1) is 22.6. The highest BCUT2D eigenvalue weighted by molar-refractivity contribution is 7.71. The monoisotopic (exact) mass is 466 g/mol. The van der Waals surface area contributed by atoms with E-state index in [-0.39, 0.29) is 5.56 Å². The van der Waals surface area contributed by atoms with Gasteiger partial charge in [-0.3, -0.25) is 4.98 Å². The molecule has 170 valence electrons. The Morgan fingerprint density at radius 3 is 2.53 bits per heavy atom. The molecule has 0 saturated carbocycles. The van der Waals surface area contributed by atoms with E-state index in [1.165, 1.54) is 12.1 Å². The van der Waals surface area contributed by atoms with Gasteiger partial charge in [0.25, 0.3) is 0 Å². The van der Waals surface area contributed by atoms with Gasteiger partial charge in [0.05, 0.1) is 23.3 Å². The molecule has 2 aromatic heterocycles. The molecule has 10 heteroatoms. The van der Waals surface area contributed by atoms with Gasteiger partial charge in [-0.15, -0.1) is 0 Å². The second-order valence-electron chi connectivity index (χ2n) is 8.15. The molecule has 0 unspecified atom stereocenters. The minimum Gasteiger partial charge on any atom is -0.363 e. The van der Waals surface area contributed by atoms with Gasteiger partial charge in [0.1, 0.15) is 30.0 Å². The summed E-state index contributed by atoms with van der Waals surface area (Å²) in [5.41, 5.74) is -0.407. The van der Waals surface area contributed by atoms with Crippen LogP contribution in [0.4, 0.5) is 23.4 Å². The van der Waals surface area contributed by atoms with E-state index in [2.05, 4.69) is 20.3 Å². The lowest BCUT2D eigenvalue weighted by atomic mass is 10.0. The number of rotatable bonds is 4. The third-order valence-electron chi connectivity index (χ3n) is 5.79. The molecule has 1 aromatic carbocycles. The van der Waals surface area contributed by atoms with Gasteiger partial charge >= 0.3 is 6.18 Å². The van der Waals surface area contributed by atoms with Gasteiger partial charge in [-0.05, 0) is 38.8 Å². The number of hydrogen-bond donors (Lipinski definition) is 1. The van der Waals surface area contributed by atoms with Crippen LogP contribution in [0, 0.1) is 12.7 Å². The summed E-state index contributed by atoms with van der Waals surface area (Å²) in [7, 11) is -2.61. The quantitative estimate of drug-likeness (QED) is 0.387. The fourth-order valence-corrected chi connectivity index (χ4v) is 6.89. The molecule has 0 bridgehead atoms. The summed E-state index contributed by atoms with van der Waals surface area (Å²) in [5, 5.41) is 3.58. The fourth-order valence-electron chi connectivity index (χ4n) is 4.11. The molecule has 0 aliphatic carbocycles. The van der Waals surface area contributed by atoms with Crippen LogP contribution in [0.5, 0.6) is 0 Å². The average Bonchev–Trinajstić information content (AvgIpc) is 2.73. The number of benzene rings is 1. The Bertz CT molecular complexity index is 1200. The Balaban J connectivity index is 1.74. The van der Waals surface area contributed by atoms with Crippen molar-refractivity contribution in [2.45, 2.75) is 45.3 Å². The van der Waals surface area contributed by atoms with Crippen molar-refractivity contribution in [3.8, 4) is 0 Å². The van der Waals surface area contributed by atoms with Gasteiger partial charge in [-0.1, -0.05) is 18.6 Å². The Labute approximate surface area is 183 Å². The third-order valence-corrected chi connectivity index (χ3v) is 8.95. The lowest BCUT2D eigenvalue weighted by Crippen LogP contribution is -2.19. The number of nitrogens with one attached hydrogen (secondary N) is 1. The lowest BCUT2D eigenvalue weighted by Gasteiger charge is -2.23. The number of nitrogens with zero attached hydrogens (tertiary/aromatic N) is 3. The maximum Gasteiger partial charge on any atom is 0.419 e. The zero-order valence-corrected chi connectivity index (χ0v) is 18.6. The maximum atomic E-state index is 14.6. The van der Waals surface area contributed by atoms with Crippen molar-refractivity contribution in [2.24, 2.45) is 0 Å². The third kappa shape index (κ3) is 4.35. The lowest BCUT2D eigenvalue weighted by molar-refractivity contribution is -0.140. The SMILES string of the molecule is Cc1nc(N[C@H](C)c2cccc(C(F)(F)F)c2F)c2cc(P3(=O)CCCCC3)ncc2n1. The van der Waals surface area contributed by atoms with Crippen LogP contribution >= 0.6 is 7.14 Å². The smallest absolute Gasteiger partial charge is 0.363 e. The fraction of sp³-hybridized carbons (Fsp3) is 0.409. The summed E-state index contributed by atoms with van der Waals surface area (Å²) in [6.07, 6.45) is 0.794. The normalized spacial score (nSPS) is 17.3. The van der Waals surface area contributed by atoms with Gasteiger partial charge in [0.15, 0.2) is 0 Å². The first-order chi connectivity index (χ1) is 15.1. The predicted octanol–water partition coefficient (Wildman–Crippen LogP) is 5.84. The molecule has 1 aliphatic rings. The molecule has 1 saturated heterocycles. The molecule has 0 radical (unpaired) electrons. The molecular formula is C22H23F4N4OP. The topological polar surface area (TPSA) is 67.8 Å². The second-order valence-corrected chi connectivity index (χ2v) is 11.3. The van der Waals surface area contributed by atoms with Crippen LogP contribution in [-0.2, 0) is 10.7 Å². The highest BCUT2D eigenvalue weighted by atomic mass is 31.2. The Hall–Kier alpha value is -2.54. The van der Waals surface area contributed by atoms with Crippen molar-refractivity contribution < 1.29 is 22.1 Å². The van der Waals surface area contributed by atoms with Crippen LogP contribution in [0.1, 0.15) is 49.2 Å². The van der Waals surface area contributed by atoms with Crippen molar-refractivity contribution in [2.75, 3.05) is 17.6 Å². The summed E-state index contributed by atoms with van der Waals surface area (Å²) < 4.78 is 67.4. The van der Waals surface area contributed by atoms with Gasteiger partial charge in [-0.25, -0.2) is 14.4 Å². The number of hydrogen-bond acceptors (Lipinski definition) is 5. The van der Waals surface area contributed by atoms with E-state index < -0.39 is 30.7 Å². The molecule has 0 amide bonds. The number of anilines is 1. The van der Waals surface area contributed by atoms with E-state index in [1.54, 1.807) is 26.1 Å². The van der Waals surface area contributed by atoms with Crippen LogP contribution in [0.15, 0.2) is 30.5 Å². The van der Waals surface area contributed by atoms with E-state index in [1.807, 2.05) is 0 Å². The molecular weight excluding hydrogens is 443 g/mol. The number of aromatic nitrogens is 3. The van der Waals surface area contributed by atoms with E-state index >= 15 is 0 Å². The number of alkyl halides is 3. The zero-order valence-electron chi connectivity index (χ0n) is 17.7. The molecule has 0 spiro atoms. The van der Waals surface area contributed by atoms with Gasteiger partial charge in [-0.2, -0.15) is 13.2 Å². The van der Waals surface area contributed by atoms with Crippen molar-refractivity contribution in [1.82, 2.24) is 15.0 Å². The number of fused-ring (bicyclic) bond motifs is 1. The minimum atomic E-state index is -4.79. The van der Waals surface area contributed by atoms with Crippen LogP contribution in [-0.4, -0.2) is 27.3 Å². The standard InChI is InChI=1S/C22H23F4N4OP/c1-13(15-7-6-8-17(20(15)23)22(24,25)26)28-21-16-11-19(32(31)9-4-3-5-10-32)27-12-18(16)29-14(2)30-21/h6-8,11-13H,3-5,9-10H2,1-2H3,(H,28,29,30)/t13-/m1/s1. The van der Waals surface area contributed by atoms with Crippen LogP contribution in [0.2, 0.25) is 0 Å². The van der Waals surface area contributed by atoms with Crippen LogP contribution in [0.25, 0.3) is 10.9 Å². The van der Waals surface area contributed by atoms with E-state index in [9.17, 15) is 22.1 Å². The molecule has 1 atom stereocenters. The van der Waals surface area contributed by atoms with E-state index in [4.69, 9.17) is 0 Å². The maximum absolute atomic E-state index is 14.6. The Morgan fingerprint density at radius 2 is 1.84 bits per heavy atom. The number of halogens is 4. The summed E-state index contributed by atoms with van der Waals surface area (Å²) in [6, 6.07) is 4.11. The van der Waals surface area contributed by atoms with Crippen molar-refractivity contribution in [3.05, 3.63) is 53.2 Å². The average molecular weight is 466 g/mol. The predicted molar refractivity (Wildman–Crippen MR) is 116 cm³/mol. The van der Waals surface area contributed by atoms with Gasteiger partial charge in [0.2, 0.25) is 0 Å². The van der Waals surface area contributed by atoms with Gasteiger partial charge < -0.3 is 9.88 Å². The highest BCUT2D eigenvalue weighted by Gasteiger charge is 2.35. The summed E-state index contributed by atoms with van der Waals surface area (Å²) >= 11 is 0. The van der Waals surface area contributed by atoms with Crippen LogP contribution < -0.4 is 10.8 Å². The summed E-state index contributed by atoms with van der Waals surface area (Å²) in [4.78, 5) is 13.2. The van der Waals surface area contributed by atoms with E-state index in [0.29, 0.717) is 40.3 Å². The second kappa shape index (κ2) is 8.43. The number of aryl methyl sites for hydroxylation is 1. The molecule has 1 fully saturated rings. The molecule has 4 rings (SSSR count).